The molecule has 0 spiro atoms. The summed E-state index contributed by atoms with van der Waals surface area (Å²) in [5.41, 5.74) is -1.63. The molecule has 1 unspecified atom stereocenters. The van der Waals surface area contributed by atoms with E-state index in [9.17, 15) is 24.8 Å². The number of nitro benzene ring substituents is 1. The third-order valence-electron chi connectivity index (χ3n) is 3.16. The Bertz CT molecular complexity index is 586. The number of hydrogen-bond acceptors (Lipinski definition) is 5. The number of methoxy groups -OCH3 is 1. The van der Waals surface area contributed by atoms with E-state index in [1.54, 1.807) is 0 Å². The van der Waals surface area contributed by atoms with Crippen molar-refractivity contribution in [2.75, 3.05) is 14.2 Å². The zero-order chi connectivity index (χ0) is 16.2. The van der Waals surface area contributed by atoms with Crippen LogP contribution in [0.4, 0.5) is 5.69 Å². The first-order valence-electron chi connectivity index (χ1n) is 6.02. The number of rotatable bonds is 6. The molecule has 21 heavy (non-hydrogen) atoms. The highest BCUT2D eigenvalue weighted by Gasteiger charge is 2.41. The molecule has 1 aromatic rings. The van der Waals surface area contributed by atoms with E-state index in [1.165, 1.54) is 39.3 Å². The second-order valence-corrected chi connectivity index (χ2v) is 4.69. The van der Waals surface area contributed by atoms with Crippen LogP contribution in [0.1, 0.15) is 12.5 Å². The van der Waals surface area contributed by atoms with Gasteiger partial charge in [0.15, 0.2) is 0 Å². The number of benzene rings is 1. The predicted octanol–water partition coefficient (Wildman–Crippen LogP) is 0.983. The number of carbonyl (C=O) groups excluding carboxylic acids is 1. The molecule has 114 valence electrons. The average molecular weight is 296 g/mol. The summed E-state index contributed by atoms with van der Waals surface area (Å²) in [6.07, 6.45) is -0.194. The number of carbonyl (C=O) groups is 2. The Hall–Kier alpha value is -2.64. The molecule has 0 radical (unpaired) electrons. The monoisotopic (exact) mass is 296 g/mol. The number of nitrogens with one attached hydrogen (secondary N) is 1. The van der Waals surface area contributed by atoms with Gasteiger partial charge in [0.1, 0.15) is 11.2 Å². The van der Waals surface area contributed by atoms with Crippen LogP contribution in [0, 0.1) is 15.5 Å². The van der Waals surface area contributed by atoms with Crippen molar-refractivity contribution < 1.29 is 24.4 Å². The van der Waals surface area contributed by atoms with Crippen molar-refractivity contribution in [3.8, 4) is 5.75 Å². The van der Waals surface area contributed by atoms with Gasteiger partial charge in [-0.3, -0.25) is 19.7 Å². The van der Waals surface area contributed by atoms with Crippen molar-refractivity contribution in [1.29, 1.82) is 0 Å². The molecule has 0 heterocycles. The fraction of sp³-hybridized carbons (Fsp3) is 0.385. The van der Waals surface area contributed by atoms with Crippen molar-refractivity contribution in [3.05, 3.63) is 33.9 Å². The number of carboxylic acid groups (broad SMARTS) is 1. The largest absolute Gasteiger partial charge is 0.496 e. The maximum Gasteiger partial charge on any atom is 0.319 e. The second-order valence-electron chi connectivity index (χ2n) is 4.69. The van der Waals surface area contributed by atoms with Gasteiger partial charge in [0.2, 0.25) is 5.91 Å². The number of nitro groups is 1. The minimum Gasteiger partial charge on any atom is -0.496 e. The zero-order valence-electron chi connectivity index (χ0n) is 11.9. The van der Waals surface area contributed by atoms with Crippen molar-refractivity contribution in [2.24, 2.45) is 5.41 Å². The van der Waals surface area contributed by atoms with E-state index in [-0.39, 0.29) is 17.9 Å². The SMILES string of the molecule is CNC(=O)C(C)(Cc1cc(OC)cc([N+](=O)[O-])c1)C(=O)O. The summed E-state index contributed by atoms with van der Waals surface area (Å²) in [4.78, 5) is 33.4. The molecule has 0 bridgehead atoms. The highest BCUT2D eigenvalue weighted by Crippen LogP contribution is 2.29. The van der Waals surface area contributed by atoms with Gasteiger partial charge in [-0.05, 0) is 25.0 Å². The zero-order valence-corrected chi connectivity index (χ0v) is 11.9. The van der Waals surface area contributed by atoms with E-state index in [0.717, 1.165) is 0 Å². The third kappa shape index (κ3) is 3.47. The molecule has 1 atom stereocenters. The summed E-state index contributed by atoms with van der Waals surface area (Å²) in [6.45, 7) is 1.26. The minimum absolute atomic E-state index is 0.194. The molecular weight excluding hydrogens is 280 g/mol. The van der Waals surface area contributed by atoms with Gasteiger partial charge in [0, 0.05) is 13.1 Å². The van der Waals surface area contributed by atoms with E-state index in [0.29, 0.717) is 5.56 Å². The van der Waals surface area contributed by atoms with E-state index < -0.39 is 22.2 Å². The number of nitrogens with zero attached hydrogens (tertiary/aromatic N) is 1. The van der Waals surface area contributed by atoms with E-state index in [2.05, 4.69) is 5.32 Å². The molecule has 1 amide bonds. The first-order chi connectivity index (χ1) is 9.74. The summed E-state index contributed by atoms with van der Waals surface area (Å²) in [7, 11) is 2.68. The Morgan fingerprint density at radius 2 is 2.05 bits per heavy atom. The lowest BCUT2D eigenvalue weighted by molar-refractivity contribution is -0.385. The average Bonchev–Trinajstić information content (AvgIpc) is 2.45. The van der Waals surface area contributed by atoms with Crippen LogP contribution < -0.4 is 10.1 Å². The molecule has 8 nitrogen and oxygen atoms in total. The van der Waals surface area contributed by atoms with Crippen LogP contribution in [0.15, 0.2) is 18.2 Å². The smallest absolute Gasteiger partial charge is 0.319 e. The van der Waals surface area contributed by atoms with Crippen LogP contribution in [0.3, 0.4) is 0 Å². The molecule has 0 aliphatic rings. The maximum atomic E-state index is 11.8. The van der Waals surface area contributed by atoms with Gasteiger partial charge in [-0.25, -0.2) is 0 Å². The summed E-state index contributed by atoms with van der Waals surface area (Å²) in [5.74, 6) is -1.77. The molecule has 0 saturated carbocycles. The van der Waals surface area contributed by atoms with Crippen LogP contribution in [-0.2, 0) is 16.0 Å². The van der Waals surface area contributed by atoms with Gasteiger partial charge in [-0.2, -0.15) is 0 Å². The molecule has 0 aliphatic heterocycles. The van der Waals surface area contributed by atoms with Crippen LogP contribution in [0.25, 0.3) is 0 Å². The van der Waals surface area contributed by atoms with E-state index >= 15 is 0 Å². The lowest BCUT2D eigenvalue weighted by Gasteiger charge is -2.22. The standard InChI is InChI=1S/C13H16N2O6/c1-13(12(17)18,11(16)14-2)7-8-4-9(15(19)20)6-10(5-8)21-3/h4-6H,7H2,1-3H3,(H,14,16)(H,17,18). The fourth-order valence-corrected chi connectivity index (χ4v) is 1.91. The first kappa shape index (κ1) is 16.4. The van der Waals surface area contributed by atoms with Crippen LogP contribution in [0.5, 0.6) is 5.75 Å². The normalized spacial score (nSPS) is 13.1. The Labute approximate surface area is 120 Å². The van der Waals surface area contributed by atoms with Crippen LogP contribution >= 0.6 is 0 Å². The van der Waals surface area contributed by atoms with Gasteiger partial charge in [0.05, 0.1) is 18.1 Å². The summed E-state index contributed by atoms with van der Waals surface area (Å²) < 4.78 is 4.96. The number of non-ortho nitro benzene ring substituents is 1. The Morgan fingerprint density at radius 1 is 1.43 bits per heavy atom. The predicted molar refractivity (Wildman–Crippen MR) is 73.2 cm³/mol. The van der Waals surface area contributed by atoms with Gasteiger partial charge in [-0.15, -0.1) is 0 Å². The van der Waals surface area contributed by atoms with Crippen molar-refractivity contribution in [3.63, 3.8) is 0 Å². The van der Waals surface area contributed by atoms with Crippen molar-refractivity contribution in [1.82, 2.24) is 5.32 Å². The molecule has 0 aliphatic carbocycles. The summed E-state index contributed by atoms with van der Waals surface area (Å²) in [5, 5.41) is 22.4. The molecule has 1 rings (SSSR count). The molecule has 0 fully saturated rings. The van der Waals surface area contributed by atoms with Crippen LogP contribution in [0.2, 0.25) is 0 Å². The molecule has 8 heteroatoms. The Balaban J connectivity index is 3.27. The molecule has 0 saturated heterocycles. The van der Waals surface area contributed by atoms with E-state index in [1.807, 2.05) is 0 Å². The van der Waals surface area contributed by atoms with Gasteiger partial charge in [-0.1, -0.05) is 0 Å². The van der Waals surface area contributed by atoms with Gasteiger partial charge >= 0.3 is 5.97 Å². The molecular formula is C13H16N2O6. The minimum atomic E-state index is -1.73. The molecule has 1 aromatic carbocycles. The lowest BCUT2D eigenvalue weighted by atomic mass is 9.82. The topological polar surface area (TPSA) is 119 Å². The second kappa shape index (κ2) is 6.21. The van der Waals surface area contributed by atoms with E-state index in [4.69, 9.17) is 4.74 Å². The van der Waals surface area contributed by atoms with Crippen molar-refractivity contribution >= 4 is 17.6 Å². The number of ether oxygens (including phenoxy) is 1. The molecule has 2 N–H and O–H groups in total. The number of hydrogen-bond donors (Lipinski definition) is 2. The maximum absolute atomic E-state index is 11.8. The Morgan fingerprint density at radius 3 is 2.48 bits per heavy atom. The van der Waals surface area contributed by atoms with Gasteiger partial charge in [0.25, 0.3) is 5.69 Å². The highest BCUT2D eigenvalue weighted by atomic mass is 16.6. The fourth-order valence-electron chi connectivity index (χ4n) is 1.91. The number of amides is 1. The van der Waals surface area contributed by atoms with Crippen molar-refractivity contribution in [2.45, 2.75) is 13.3 Å². The highest BCUT2D eigenvalue weighted by molar-refractivity contribution is 6.01. The lowest BCUT2D eigenvalue weighted by Crippen LogP contribution is -2.44. The van der Waals surface area contributed by atoms with Crippen LogP contribution in [-0.4, -0.2) is 36.1 Å². The summed E-state index contributed by atoms with van der Waals surface area (Å²) >= 11 is 0. The first-order valence-corrected chi connectivity index (χ1v) is 6.02. The number of carboxylic acids is 1. The summed E-state index contributed by atoms with van der Waals surface area (Å²) in [6, 6.07) is 3.92. The van der Waals surface area contributed by atoms with Gasteiger partial charge < -0.3 is 15.2 Å². The quantitative estimate of drug-likeness (QED) is 0.459. The Kier molecular flexibility index (Phi) is 4.85. The number of aliphatic carboxylic acids is 1. The third-order valence-corrected chi connectivity index (χ3v) is 3.16. The molecule has 0 aromatic heterocycles.